The Bertz CT molecular complexity index is 1230. The Kier molecular flexibility index (Phi) is 5.62. The fraction of sp³-hybridized carbons (Fsp3) is 0.435. The highest BCUT2D eigenvalue weighted by Crippen LogP contribution is 2.48. The quantitative estimate of drug-likeness (QED) is 0.425. The summed E-state index contributed by atoms with van der Waals surface area (Å²) in [5, 5.41) is 4.16. The van der Waals surface area contributed by atoms with Crippen LogP contribution in [0.4, 0.5) is 23.7 Å². The largest absolute Gasteiger partial charge is 0.416 e. The molecule has 1 aromatic carbocycles. The topological polar surface area (TPSA) is 133 Å². The van der Waals surface area contributed by atoms with Crippen LogP contribution in [0.25, 0.3) is 0 Å². The number of imidazole rings is 1. The van der Waals surface area contributed by atoms with Crippen LogP contribution < -0.4 is 15.5 Å². The second-order valence-corrected chi connectivity index (χ2v) is 9.16. The number of aromatic amines is 1. The van der Waals surface area contributed by atoms with Gasteiger partial charge in [-0.05, 0) is 37.1 Å². The Hall–Kier alpha value is -3.74. The summed E-state index contributed by atoms with van der Waals surface area (Å²) >= 11 is 0. The molecule has 2 fully saturated rings. The van der Waals surface area contributed by atoms with Crippen LogP contribution in [0.5, 0.6) is 0 Å². The fourth-order valence-corrected chi connectivity index (χ4v) is 5.41. The maximum absolute atomic E-state index is 13.7. The monoisotopic (exact) mass is 505 g/mol. The zero-order valence-corrected chi connectivity index (χ0v) is 19.0. The van der Waals surface area contributed by atoms with Gasteiger partial charge in [0, 0.05) is 36.5 Å². The summed E-state index contributed by atoms with van der Waals surface area (Å²) in [5.74, 6) is -1.45. The predicted octanol–water partition coefficient (Wildman–Crippen LogP) is 1.66. The van der Waals surface area contributed by atoms with Gasteiger partial charge >= 0.3 is 12.2 Å². The van der Waals surface area contributed by atoms with Crippen molar-refractivity contribution in [2.24, 2.45) is 5.41 Å². The SMILES string of the molecule is C[C@@H]1O[C@H](C(F)(F)F)CN2c3ccc(C(=O)CCc4ncc[nH]4)cc3CC3(C(=O)NC(=O)NC3=O)[C@@H]12. The molecule has 13 heteroatoms. The first-order valence-corrected chi connectivity index (χ1v) is 11.3. The van der Waals surface area contributed by atoms with Crippen molar-refractivity contribution in [2.75, 3.05) is 11.4 Å². The van der Waals surface area contributed by atoms with Gasteiger partial charge < -0.3 is 14.6 Å². The first kappa shape index (κ1) is 24.0. The average Bonchev–Trinajstić information content (AvgIpc) is 3.33. The molecule has 0 bridgehead atoms. The highest BCUT2D eigenvalue weighted by atomic mass is 19.4. The van der Waals surface area contributed by atoms with E-state index in [0.29, 0.717) is 23.5 Å². The van der Waals surface area contributed by atoms with Gasteiger partial charge in [0.1, 0.15) is 5.82 Å². The lowest BCUT2D eigenvalue weighted by molar-refractivity contribution is -0.242. The molecule has 0 saturated carbocycles. The number of nitrogens with one attached hydrogen (secondary N) is 3. The molecular formula is C23H22F3N5O5. The minimum atomic E-state index is -4.68. The number of benzene rings is 1. The van der Waals surface area contributed by atoms with Crippen LogP contribution in [0.1, 0.15) is 35.1 Å². The maximum atomic E-state index is 13.7. The lowest BCUT2D eigenvalue weighted by Crippen LogP contribution is -2.76. The lowest BCUT2D eigenvalue weighted by atomic mass is 9.66. The van der Waals surface area contributed by atoms with Crippen molar-refractivity contribution in [3.63, 3.8) is 0 Å². The molecule has 5 rings (SSSR count). The third-order valence-corrected chi connectivity index (χ3v) is 6.98. The number of imide groups is 2. The maximum Gasteiger partial charge on any atom is 0.416 e. The summed E-state index contributed by atoms with van der Waals surface area (Å²) in [5.41, 5.74) is -0.928. The van der Waals surface area contributed by atoms with Crippen LogP contribution in [0.3, 0.4) is 0 Å². The standard InChI is InChI=1S/C23H22F3N5O5/c1-11-18-22(19(33)29-21(35)30-20(22)34)9-13-8-12(15(32)4-5-17-27-6-7-28-17)2-3-14(13)31(18)10-16(36-11)23(24,25)26/h2-3,6-8,11,16,18H,4-5,9-10H2,1H3,(H,27,28)(H2,29,30,33,34,35)/t11-,16-,18+/m0/s1. The third kappa shape index (κ3) is 3.83. The van der Waals surface area contributed by atoms with Crippen molar-refractivity contribution in [3.8, 4) is 0 Å². The number of alkyl halides is 3. The molecule has 4 amide bonds. The number of nitrogens with zero attached hydrogens (tertiary/aromatic N) is 2. The second-order valence-electron chi connectivity index (χ2n) is 9.16. The van der Waals surface area contributed by atoms with Gasteiger partial charge in [0.15, 0.2) is 17.3 Å². The number of urea groups is 1. The molecule has 2 saturated heterocycles. The van der Waals surface area contributed by atoms with E-state index in [1.165, 1.54) is 30.0 Å². The molecule has 1 spiro atoms. The number of morpholine rings is 1. The molecule has 36 heavy (non-hydrogen) atoms. The van der Waals surface area contributed by atoms with E-state index in [9.17, 15) is 32.3 Å². The minimum Gasteiger partial charge on any atom is -0.362 e. The number of Topliss-reactive ketones (excluding diaryl/α,β-unsaturated/α-hetero) is 1. The smallest absolute Gasteiger partial charge is 0.362 e. The molecule has 3 N–H and O–H groups in total. The van der Waals surface area contributed by atoms with Gasteiger partial charge in [0.25, 0.3) is 0 Å². The number of aromatic nitrogens is 2. The van der Waals surface area contributed by atoms with Gasteiger partial charge in [-0.25, -0.2) is 9.78 Å². The van der Waals surface area contributed by atoms with Crippen LogP contribution >= 0.6 is 0 Å². The Balaban J connectivity index is 1.55. The van der Waals surface area contributed by atoms with Gasteiger partial charge in [-0.1, -0.05) is 0 Å². The van der Waals surface area contributed by atoms with Crippen molar-refractivity contribution in [2.45, 2.75) is 50.6 Å². The number of amides is 4. The van der Waals surface area contributed by atoms with E-state index in [0.717, 1.165) is 0 Å². The summed E-state index contributed by atoms with van der Waals surface area (Å²) in [7, 11) is 0. The van der Waals surface area contributed by atoms with Gasteiger partial charge in [0.2, 0.25) is 11.8 Å². The van der Waals surface area contributed by atoms with E-state index >= 15 is 0 Å². The minimum absolute atomic E-state index is 0.125. The molecule has 3 aliphatic rings. The Morgan fingerprint density at radius 2 is 1.94 bits per heavy atom. The number of aryl methyl sites for hydroxylation is 1. The number of halogens is 3. The van der Waals surface area contributed by atoms with Gasteiger partial charge in [-0.3, -0.25) is 25.0 Å². The first-order valence-electron chi connectivity index (χ1n) is 11.3. The van der Waals surface area contributed by atoms with Crippen molar-refractivity contribution in [1.29, 1.82) is 0 Å². The van der Waals surface area contributed by atoms with E-state index in [4.69, 9.17) is 4.74 Å². The average molecular weight is 505 g/mol. The number of barbiturate groups is 1. The number of ether oxygens (including phenoxy) is 1. The normalized spacial score (nSPS) is 25.2. The van der Waals surface area contributed by atoms with E-state index < -0.39 is 54.2 Å². The first-order chi connectivity index (χ1) is 17.0. The fourth-order valence-electron chi connectivity index (χ4n) is 5.41. The molecule has 0 radical (unpaired) electrons. The summed E-state index contributed by atoms with van der Waals surface area (Å²) in [4.78, 5) is 59.3. The van der Waals surface area contributed by atoms with E-state index in [1.54, 1.807) is 12.4 Å². The molecule has 0 unspecified atom stereocenters. The molecule has 4 heterocycles. The van der Waals surface area contributed by atoms with E-state index in [1.807, 2.05) is 0 Å². The van der Waals surface area contributed by atoms with Crippen LogP contribution in [-0.4, -0.2) is 64.6 Å². The molecule has 1 aromatic heterocycles. The second kappa shape index (κ2) is 8.43. The Labute approximate surface area is 202 Å². The van der Waals surface area contributed by atoms with Crippen LogP contribution in [-0.2, 0) is 27.2 Å². The molecule has 0 aliphatic carbocycles. The van der Waals surface area contributed by atoms with Crippen molar-refractivity contribution in [1.82, 2.24) is 20.6 Å². The number of H-pyrrole nitrogens is 1. The number of carbonyl (C=O) groups is 4. The van der Waals surface area contributed by atoms with Gasteiger partial charge in [0.05, 0.1) is 18.7 Å². The molecule has 10 nitrogen and oxygen atoms in total. The Morgan fingerprint density at radius 3 is 2.58 bits per heavy atom. The van der Waals surface area contributed by atoms with Crippen LogP contribution in [0.2, 0.25) is 0 Å². The van der Waals surface area contributed by atoms with Crippen molar-refractivity contribution >= 4 is 29.3 Å². The third-order valence-electron chi connectivity index (χ3n) is 6.98. The van der Waals surface area contributed by atoms with E-state index in [2.05, 4.69) is 20.6 Å². The molecule has 3 aliphatic heterocycles. The molecule has 3 atom stereocenters. The number of ketones is 1. The van der Waals surface area contributed by atoms with Crippen LogP contribution in [0.15, 0.2) is 30.6 Å². The zero-order valence-electron chi connectivity index (χ0n) is 19.0. The molecule has 190 valence electrons. The van der Waals surface area contributed by atoms with Crippen LogP contribution in [0, 0.1) is 5.41 Å². The molecule has 2 aromatic rings. The summed E-state index contributed by atoms with van der Waals surface area (Å²) in [6.07, 6.45) is -4.56. The number of hydrogen-bond acceptors (Lipinski definition) is 7. The highest BCUT2D eigenvalue weighted by Gasteiger charge is 2.64. The number of hydrogen-bond donors (Lipinski definition) is 3. The molecular weight excluding hydrogens is 483 g/mol. The number of rotatable bonds is 4. The summed E-state index contributed by atoms with van der Waals surface area (Å²) in [6, 6.07) is 2.43. The van der Waals surface area contributed by atoms with E-state index in [-0.39, 0.29) is 24.2 Å². The number of anilines is 1. The van der Waals surface area contributed by atoms with Gasteiger partial charge in [-0.15, -0.1) is 0 Å². The lowest BCUT2D eigenvalue weighted by Gasteiger charge is -2.55. The highest BCUT2D eigenvalue weighted by molar-refractivity contribution is 6.20. The summed E-state index contributed by atoms with van der Waals surface area (Å²) < 4.78 is 46.2. The number of carbonyl (C=O) groups excluding carboxylic acids is 4. The Morgan fingerprint density at radius 1 is 1.22 bits per heavy atom. The predicted molar refractivity (Wildman–Crippen MR) is 117 cm³/mol. The number of fused-ring (bicyclic) bond motifs is 4. The van der Waals surface area contributed by atoms with Crippen molar-refractivity contribution in [3.05, 3.63) is 47.5 Å². The van der Waals surface area contributed by atoms with Crippen molar-refractivity contribution < 1.29 is 37.1 Å². The van der Waals surface area contributed by atoms with Gasteiger partial charge in [-0.2, -0.15) is 13.2 Å². The summed E-state index contributed by atoms with van der Waals surface area (Å²) in [6.45, 7) is 0.708. The zero-order chi connectivity index (χ0) is 25.8.